The van der Waals surface area contributed by atoms with E-state index in [0.29, 0.717) is 5.41 Å². The summed E-state index contributed by atoms with van der Waals surface area (Å²) in [5.41, 5.74) is 2.35. The second-order valence-corrected chi connectivity index (χ2v) is 11.0. The number of nitrogens with zero attached hydrogens (tertiary/aromatic N) is 2. The van der Waals surface area contributed by atoms with Crippen LogP contribution in [0, 0.1) is 35.0 Å². The summed E-state index contributed by atoms with van der Waals surface area (Å²) in [6, 6.07) is 1.54. The lowest BCUT2D eigenvalue weighted by Gasteiger charge is -2.56. The maximum atomic E-state index is 2.73. The molecule has 8 atom stereocenters. The number of hydrogen-bond acceptors (Lipinski definition) is 2. The highest BCUT2D eigenvalue weighted by Crippen LogP contribution is 2.62. The molecule has 0 amide bonds. The van der Waals surface area contributed by atoms with Crippen LogP contribution < -0.4 is 0 Å². The largest absolute Gasteiger partial charge is 0.306 e. The summed E-state index contributed by atoms with van der Waals surface area (Å²) >= 11 is 0. The van der Waals surface area contributed by atoms with Crippen molar-refractivity contribution in [3.05, 3.63) is 11.6 Å². The maximum Gasteiger partial charge on any atom is 0.0127 e. The Labute approximate surface area is 168 Å². The molecule has 4 aliphatic rings. The molecule has 2 heteroatoms. The van der Waals surface area contributed by atoms with Crippen molar-refractivity contribution in [3.63, 3.8) is 0 Å². The molecule has 154 valence electrons. The zero-order valence-electron chi connectivity index (χ0n) is 18.9. The molecule has 0 radical (unpaired) electrons. The van der Waals surface area contributed by atoms with E-state index in [2.05, 4.69) is 57.8 Å². The van der Waals surface area contributed by atoms with E-state index in [1.807, 2.05) is 5.57 Å². The summed E-state index contributed by atoms with van der Waals surface area (Å²) in [4.78, 5) is 5.07. The Bertz CT molecular complexity index is 567. The first-order chi connectivity index (χ1) is 12.9. The Kier molecular flexibility index (Phi) is 5.53. The van der Waals surface area contributed by atoms with E-state index in [9.17, 15) is 0 Å². The summed E-state index contributed by atoms with van der Waals surface area (Å²) in [5, 5.41) is 0. The smallest absolute Gasteiger partial charge is 0.0127 e. The van der Waals surface area contributed by atoms with Gasteiger partial charge in [0.1, 0.15) is 0 Å². The van der Waals surface area contributed by atoms with Crippen molar-refractivity contribution in [2.24, 2.45) is 35.0 Å². The summed E-state index contributed by atoms with van der Waals surface area (Å²) in [7, 11) is 6.89. The van der Waals surface area contributed by atoms with E-state index in [-0.39, 0.29) is 0 Å². The third kappa shape index (κ3) is 3.23. The van der Waals surface area contributed by atoms with Crippen LogP contribution in [0.25, 0.3) is 0 Å². The monoisotopic (exact) mass is 372 g/mol. The molecular weight excluding hydrogens is 328 g/mol. The van der Waals surface area contributed by atoms with Crippen LogP contribution in [-0.4, -0.2) is 49.6 Å². The van der Waals surface area contributed by atoms with E-state index in [1.165, 1.54) is 57.9 Å². The van der Waals surface area contributed by atoms with Gasteiger partial charge in [0.25, 0.3) is 0 Å². The molecule has 3 fully saturated rings. The van der Waals surface area contributed by atoms with Gasteiger partial charge < -0.3 is 9.80 Å². The predicted octanol–water partition coefficient (Wildman–Crippen LogP) is 5.45. The third-order valence-electron chi connectivity index (χ3n) is 10.00. The number of hydrogen-bond donors (Lipinski definition) is 0. The first-order valence-corrected chi connectivity index (χ1v) is 11.9. The van der Waals surface area contributed by atoms with Crippen molar-refractivity contribution in [3.8, 4) is 0 Å². The highest BCUT2D eigenvalue weighted by molar-refractivity contribution is 5.25. The Morgan fingerprint density at radius 1 is 1.04 bits per heavy atom. The van der Waals surface area contributed by atoms with Crippen molar-refractivity contribution in [1.82, 2.24) is 9.80 Å². The van der Waals surface area contributed by atoms with Gasteiger partial charge in [0.05, 0.1) is 0 Å². The molecule has 4 rings (SSSR count). The summed E-state index contributed by atoms with van der Waals surface area (Å²) < 4.78 is 0. The Morgan fingerprint density at radius 3 is 2.48 bits per heavy atom. The van der Waals surface area contributed by atoms with E-state index in [0.717, 1.165) is 41.7 Å². The van der Waals surface area contributed by atoms with Gasteiger partial charge in [-0.2, -0.15) is 0 Å². The van der Waals surface area contributed by atoms with Crippen molar-refractivity contribution in [2.45, 2.75) is 84.2 Å². The van der Waals surface area contributed by atoms with Crippen LogP contribution in [0.2, 0.25) is 0 Å². The first kappa shape index (κ1) is 20.0. The highest BCUT2D eigenvalue weighted by Gasteiger charge is 2.54. The van der Waals surface area contributed by atoms with E-state index in [4.69, 9.17) is 0 Å². The first-order valence-electron chi connectivity index (χ1n) is 11.9. The van der Waals surface area contributed by atoms with E-state index >= 15 is 0 Å². The molecule has 0 heterocycles. The lowest BCUT2D eigenvalue weighted by molar-refractivity contribution is -0.00899. The topological polar surface area (TPSA) is 6.48 Å². The molecule has 0 aromatic carbocycles. The third-order valence-corrected chi connectivity index (χ3v) is 10.00. The standard InChI is InChI=1S/C25H44N2/c1-7-27(6)17(2)20-10-11-22-21(20)12-13-24-23(22)9-8-18-16-19(26(4)5)14-15-25(18,24)3/h8,17,19-24H,7,9-16H2,1-6H3. The molecule has 0 bridgehead atoms. The average molecular weight is 373 g/mol. The van der Waals surface area contributed by atoms with Gasteiger partial charge in [-0.15, -0.1) is 0 Å². The van der Waals surface area contributed by atoms with Gasteiger partial charge in [-0.3, -0.25) is 0 Å². The molecule has 27 heavy (non-hydrogen) atoms. The number of allylic oxidation sites excluding steroid dienone is 1. The van der Waals surface area contributed by atoms with Gasteiger partial charge in [0.15, 0.2) is 0 Å². The number of fused-ring (bicyclic) bond motifs is 5. The molecular formula is C25H44N2. The molecule has 0 spiro atoms. The summed E-state index contributed by atoms with van der Waals surface area (Å²) in [6.45, 7) is 8.67. The van der Waals surface area contributed by atoms with E-state index < -0.39 is 0 Å². The minimum Gasteiger partial charge on any atom is -0.306 e. The Hall–Kier alpha value is -0.340. The average Bonchev–Trinajstić information content (AvgIpc) is 3.10. The maximum absolute atomic E-state index is 2.73. The molecule has 4 aliphatic carbocycles. The molecule has 0 aromatic heterocycles. The fourth-order valence-corrected chi connectivity index (χ4v) is 7.99. The summed E-state index contributed by atoms with van der Waals surface area (Å²) in [6.07, 6.45) is 14.3. The van der Waals surface area contributed by atoms with Gasteiger partial charge >= 0.3 is 0 Å². The quantitative estimate of drug-likeness (QED) is 0.606. The van der Waals surface area contributed by atoms with Crippen LogP contribution in [0.1, 0.15) is 72.1 Å². The van der Waals surface area contributed by atoms with Gasteiger partial charge in [-0.1, -0.05) is 25.5 Å². The van der Waals surface area contributed by atoms with Crippen LogP contribution >= 0.6 is 0 Å². The van der Waals surface area contributed by atoms with Gasteiger partial charge in [0, 0.05) is 12.1 Å². The van der Waals surface area contributed by atoms with Crippen molar-refractivity contribution < 1.29 is 0 Å². The SMILES string of the molecule is CCN(C)C(C)C1CCC2C1CCC1C2CC=C2CC(N(C)C)CCC21C. The minimum absolute atomic E-state index is 0.518. The van der Waals surface area contributed by atoms with Crippen molar-refractivity contribution in [1.29, 1.82) is 0 Å². The predicted molar refractivity (Wildman–Crippen MR) is 116 cm³/mol. The fourth-order valence-electron chi connectivity index (χ4n) is 7.99. The Balaban J connectivity index is 1.52. The molecule has 0 N–H and O–H groups in total. The lowest BCUT2D eigenvalue weighted by atomic mass is 9.50. The van der Waals surface area contributed by atoms with Crippen molar-refractivity contribution in [2.75, 3.05) is 27.7 Å². The van der Waals surface area contributed by atoms with Crippen LogP contribution in [0.15, 0.2) is 11.6 Å². The van der Waals surface area contributed by atoms with Crippen molar-refractivity contribution >= 4 is 0 Å². The van der Waals surface area contributed by atoms with Crippen LogP contribution in [-0.2, 0) is 0 Å². The van der Waals surface area contributed by atoms with Gasteiger partial charge in [-0.25, -0.2) is 0 Å². The second kappa shape index (κ2) is 7.48. The van der Waals surface area contributed by atoms with Gasteiger partial charge in [0.2, 0.25) is 0 Å². The molecule has 0 saturated heterocycles. The zero-order chi connectivity index (χ0) is 19.3. The number of rotatable bonds is 4. The Morgan fingerprint density at radius 2 is 1.78 bits per heavy atom. The normalized spacial score (nSPS) is 45.3. The molecule has 8 unspecified atom stereocenters. The molecule has 2 nitrogen and oxygen atoms in total. The second-order valence-electron chi connectivity index (χ2n) is 11.0. The van der Waals surface area contributed by atoms with Gasteiger partial charge in [-0.05, 0) is 121 Å². The molecule has 0 aromatic rings. The lowest BCUT2D eigenvalue weighted by Crippen LogP contribution is -2.49. The highest BCUT2D eigenvalue weighted by atomic mass is 15.1. The fraction of sp³-hybridized carbons (Fsp3) is 0.920. The van der Waals surface area contributed by atoms with E-state index in [1.54, 1.807) is 0 Å². The summed E-state index contributed by atoms with van der Waals surface area (Å²) in [5.74, 6) is 4.93. The van der Waals surface area contributed by atoms with Crippen LogP contribution in [0.5, 0.6) is 0 Å². The molecule has 3 saturated carbocycles. The zero-order valence-corrected chi connectivity index (χ0v) is 18.9. The van der Waals surface area contributed by atoms with Crippen LogP contribution in [0.4, 0.5) is 0 Å². The molecule has 0 aliphatic heterocycles. The minimum atomic E-state index is 0.518. The van der Waals surface area contributed by atoms with Crippen LogP contribution in [0.3, 0.4) is 0 Å².